The first-order valence-electron chi connectivity index (χ1n) is 10.4. The zero-order chi connectivity index (χ0) is 23.7. The van der Waals surface area contributed by atoms with Crippen LogP contribution in [0.1, 0.15) is 38.7 Å². The van der Waals surface area contributed by atoms with Crippen LogP contribution in [0, 0.1) is 5.92 Å². The van der Waals surface area contributed by atoms with Crippen molar-refractivity contribution in [2.24, 2.45) is 13.0 Å². The number of imidazole rings is 1. The van der Waals surface area contributed by atoms with Gasteiger partial charge in [0.1, 0.15) is 37.9 Å². The van der Waals surface area contributed by atoms with Crippen molar-refractivity contribution in [1.29, 1.82) is 0 Å². The number of carbonyl (C=O) groups excluding carboxylic acids is 1. The van der Waals surface area contributed by atoms with Crippen LogP contribution in [0.15, 0.2) is 54.1 Å². The Labute approximate surface area is 185 Å². The molecule has 2 aromatic rings. The molecule has 0 bridgehead atoms. The summed E-state index contributed by atoms with van der Waals surface area (Å²) >= 11 is 0. The van der Waals surface area contributed by atoms with Gasteiger partial charge in [0.05, 0.1) is 13.0 Å². The zero-order valence-corrected chi connectivity index (χ0v) is 18.6. The highest BCUT2D eigenvalue weighted by Crippen LogP contribution is 2.29. The highest BCUT2D eigenvalue weighted by Gasteiger charge is 2.24. The van der Waals surface area contributed by atoms with Crippen LogP contribution in [0.25, 0.3) is 0 Å². The molecular formula is C22H29BF4N2O3. The number of esters is 1. The van der Waals surface area contributed by atoms with Crippen LogP contribution in [0.5, 0.6) is 5.75 Å². The van der Waals surface area contributed by atoms with E-state index in [-0.39, 0.29) is 11.9 Å². The van der Waals surface area contributed by atoms with Gasteiger partial charge < -0.3 is 26.7 Å². The van der Waals surface area contributed by atoms with Crippen molar-refractivity contribution < 1.29 is 36.1 Å². The van der Waals surface area contributed by atoms with Gasteiger partial charge in [0.2, 0.25) is 6.33 Å². The normalized spacial score (nSPS) is 16.3. The van der Waals surface area contributed by atoms with Gasteiger partial charge in [-0.25, -0.2) is 9.13 Å². The second-order valence-corrected chi connectivity index (χ2v) is 7.91. The number of aryl methyl sites for hydroxylation is 1. The topological polar surface area (TPSA) is 44.3 Å². The lowest BCUT2D eigenvalue weighted by Gasteiger charge is -2.22. The Morgan fingerprint density at radius 3 is 2.38 bits per heavy atom. The van der Waals surface area contributed by atoms with Gasteiger partial charge in [-0.05, 0) is 50.8 Å². The SMILES string of the molecule is CC1=C(C)CC(C(=O)OCc2ccc(OCCn3cc[n+](C)c3)cc2)CC1.F[B-](F)(F)F. The van der Waals surface area contributed by atoms with Gasteiger partial charge in [0.25, 0.3) is 0 Å². The van der Waals surface area contributed by atoms with Crippen LogP contribution in [-0.2, 0) is 29.7 Å². The monoisotopic (exact) mass is 456 g/mol. The number of allylic oxidation sites excluding steroid dienone is 2. The quantitative estimate of drug-likeness (QED) is 0.196. The number of halogens is 4. The minimum atomic E-state index is -6.00. The van der Waals surface area contributed by atoms with Crippen LogP contribution in [-0.4, -0.2) is 24.4 Å². The Kier molecular flexibility index (Phi) is 9.34. The molecule has 0 fully saturated rings. The number of ether oxygens (including phenoxy) is 2. The van der Waals surface area contributed by atoms with Crippen molar-refractivity contribution in [1.82, 2.24) is 4.57 Å². The van der Waals surface area contributed by atoms with E-state index in [9.17, 15) is 22.1 Å². The number of hydrogen-bond acceptors (Lipinski definition) is 3. The first-order chi connectivity index (χ1) is 15.0. The van der Waals surface area contributed by atoms with Crippen molar-refractivity contribution >= 4 is 13.2 Å². The molecule has 0 N–H and O–H groups in total. The van der Waals surface area contributed by atoms with Crippen molar-refractivity contribution in [2.75, 3.05) is 6.61 Å². The van der Waals surface area contributed by atoms with E-state index in [1.807, 2.05) is 54.6 Å². The number of nitrogens with zero attached hydrogens (tertiary/aromatic N) is 2. The van der Waals surface area contributed by atoms with Gasteiger partial charge in [0, 0.05) is 0 Å². The van der Waals surface area contributed by atoms with Crippen molar-refractivity contribution in [3.8, 4) is 5.75 Å². The third-order valence-electron chi connectivity index (χ3n) is 5.23. The van der Waals surface area contributed by atoms with E-state index in [2.05, 4.69) is 18.4 Å². The minimum absolute atomic E-state index is 0.00629. The highest BCUT2D eigenvalue weighted by molar-refractivity contribution is 6.50. The summed E-state index contributed by atoms with van der Waals surface area (Å²) in [6.45, 7) is 5.99. The molecule has 32 heavy (non-hydrogen) atoms. The summed E-state index contributed by atoms with van der Waals surface area (Å²) in [4.78, 5) is 12.3. The highest BCUT2D eigenvalue weighted by atomic mass is 19.5. The standard InChI is InChI=1S/C22H29N2O3.BF4/c1-17-4-7-20(14-18(17)2)22(25)27-15-19-5-8-21(9-6-19)26-13-12-24-11-10-23(3)16-24;2-1(3,4)5/h5-6,8-11,16,20H,4,7,12-15H2,1-3H3;/q+1;-1. The predicted octanol–water partition coefficient (Wildman–Crippen LogP) is 4.87. The number of rotatable bonds is 7. The van der Waals surface area contributed by atoms with Gasteiger partial charge in [-0.15, -0.1) is 0 Å². The Hall–Kier alpha value is -2.78. The lowest BCUT2D eigenvalue weighted by atomic mass is 9.85. The third-order valence-corrected chi connectivity index (χ3v) is 5.23. The molecule has 10 heteroatoms. The van der Waals surface area contributed by atoms with Crippen LogP contribution in [0.3, 0.4) is 0 Å². The van der Waals surface area contributed by atoms with E-state index in [4.69, 9.17) is 9.47 Å². The van der Waals surface area contributed by atoms with E-state index in [0.717, 1.165) is 37.1 Å². The molecule has 0 saturated carbocycles. The lowest BCUT2D eigenvalue weighted by molar-refractivity contribution is -0.671. The average Bonchev–Trinajstić information content (AvgIpc) is 3.13. The van der Waals surface area contributed by atoms with Gasteiger partial charge >= 0.3 is 13.2 Å². The second kappa shape index (κ2) is 11.7. The fourth-order valence-electron chi connectivity index (χ4n) is 3.31. The molecule has 1 aliphatic rings. The maximum atomic E-state index is 12.3. The number of hydrogen-bond donors (Lipinski definition) is 0. The first kappa shape index (κ1) is 25.5. The molecule has 0 radical (unpaired) electrons. The summed E-state index contributed by atoms with van der Waals surface area (Å²) in [5.74, 6) is 0.749. The second-order valence-electron chi connectivity index (χ2n) is 7.91. The molecular weight excluding hydrogens is 427 g/mol. The summed E-state index contributed by atoms with van der Waals surface area (Å²) in [6, 6.07) is 7.76. The van der Waals surface area contributed by atoms with E-state index < -0.39 is 7.25 Å². The largest absolute Gasteiger partial charge is 0.673 e. The molecule has 0 amide bonds. The molecule has 1 aromatic carbocycles. The van der Waals surface area contributed by atoms with Gasteiger partial charge in [0.15, 0.2) is 0 Å². The molecule has 0 saturated heterocycles. The molecule has 1 aliphatic carbocycles. The van der Waals surface area contributed by atoms with Crippen LogP contribution in [0.4, 0.5) is 17.3 Å². The zero-order valence-electron chi connectivity index (χ0n) is 18.6. The molecule has 5 nitrogen and oxygen atoms in total. The molecule has 1 atom stereocenters. The van der Waals surface area contributed by atoms with Crippen molar-refractivity contribution in [3.05, 3.63) is 59.7 Å². The summed E-state index contributed by atoms with van der Waals surface area (Å²) in [5.41, 5.74) is 3.73. The number of aromatic nitrogens is 2. The van der Waals surface area contributed by atoms with Gasteiger partial charge in [-0.1, -0.05) is 23.3 Å². The van der Waals surface area contributed by atoms with Crippen LogP contribution >= 0.6 is 0 Å². The Balaban J connectivity index is 0.000000654. The Bertz CT molecular complexity index is 905. The molecule has 176 valence electrons. The molecule has 1 heterocycles. The number of carbonyl (C=O) groups is 1. The summed E-state index contributed by atoms with van der Waals surface area (Å²) in [5, 5.41) is 0. The molecule has 0 aliphatic heterocycles. The number of benzene rings is 1. The minimum Gasteiger partial charge on any atom is -0.489 e. The van der Waals surface area contributed by atoms with E-state index in [0.29, 0.717) is 13.2 Å². The van der Waals surface area contributed by atoms with Crippen molar-refractivity contribution in [2.45, 2.75) is 46.3 Å². The molecule has 1 unspecified atom stereocenters. The smallest absolute Gasteiger partial charge is 0.489 e. The van der Waals surface area contributed by atoms with Gasteiger partial charge in [-0.2, -0.15) is 0 Å². The predicted molar refractivity (Wildman–Crippen MR) is 113 cm³/mol. The Morgan fingerprint density at radius 1 is 1.16 bits per heavy atom. The van der Waals surface area contributed by atoms with E-state index in [1.165, 1.54) is 11.1 Å². The fraction of sp³-hybridized carbons (Fsp3) is 0.455. The lowest BCUT2D eigenvalue weighted by Crippen LogP contribution is -2.24. The average molecular weight is 456 g/mol. The third kappa shape index (κ3) is 9.57. The first-order valence-corrected chi connectivity index (χ1v) is 10.4. The fourth-order valence-corrected chi connectivity index (χ4v) is 3.31. The maximum Gasteiger partial charge on any atom is 0.673 e. The van der Waals surface area contributed by atoms with Crippen LogP contribution < -0.4 is 9.30 Å². The van der Waals surface area contributed by atoms with E-state index >= 15 is 0 Å². The van der Waals surface area contributed by atoms with E-state index in [1.54, 1.807) is 0 Å². The maximum absolute atomic E-state index is 12.3. The molecule has 3 rings (SSSR count). The summed E-state index contributed by atoms with van der Waals surface area (Å²) < 4.78 is 54.4. The molecule has 1 aromatic heterocycles. The van der Waals surface area contributed by atoms with Crippen molar-refractivity contribution in [3.63, 3.8) is 0 Å². The summed E-state index contributed by atoms with van der Waals surface area (Å²) in [7, 11) is -4.00. The summed E-state index contributed by atoms with van der Waals surface area (Å²) in [6.07, 6.45) is 8.77. The van der Waals surface area contributed by atoms with Gasteiger partial charge in [-0.3, -0.25) is 4.79 Å². The van der Waals surface area contributed by atoms with Crippen LogP contribution in [0.2, 0.25) is 0 Å². The molecule has 0 spiro atoms. The Morgan fingerprint density at radius 2 is 1.81 bits per heavy atom.